The third-order valence-electron chi connectivity index (χ3n) is 7.20. The van der Waals surface area contributed by atoms with Crippen molar-refractivity contribution in [1.82, 2.24) is 19.4 Å². The van der Waals surface area contributed by atoms with Crippen LogP contribution in [0.4, 0.5) is 5.69 Å². The Bertz CT molecular complexity index is 1710. The number of nitrogens with zero attached hydrogens (tertiary/aromatic N) is 3. The van der Waals surface area contributed by atoms with Gasteiger partial charge in [-0.05, 0) is 60.6 Å². The highest BCUT2D eigenvalue weighted by atomic mass is 32.1. The molecule has 37 heavy (non-hydrogen) atoms. The number of fused-ring (bicyclic) bond motifs is 2. The van der Waals surface area contributed by atoms with Crippen molar-refractivity contribution in [2.75, 3.05) is 31.1 Å². The molecule has 6 rings (SSSR count). The summed E-state index contributed by atoms with van der Waals surface area (Å²) in [5.74, 6) is -0.0301. The Morgan fingerprint density at radius 1 is 0.865 bits per heavy atom. The summed E-state index contributed by atoms with van der Waals surface area (Å²) in [6.45, 7) is 3.34. The molecule has 2 N–H and O–H groups in total. The van der Waals surface area contributed by atoms with E-state index in [1.807, 2.05) is 47.5 Å². The first kappa shape index (κ1) is 23.2. The number of aromatic amines is 2. The van der Waals surface area contributed by atoms with Crippen molar-refractivity contribution >= 4 is 45.6 Å². The van der Waals surface area contributed by atoms with Crippen molar-refractivity contribution in [3.8, 4) is 0 Å². The van der Waals surface area contributed by atoms with Crippen molar-refractivity contribution in [2.24, 2.45) is 0 Å². The van der Waals surface area contributed by atoms with Gasteiger partial charge in [-0.15, -0.1) is 0 Å². The van der Waals surface area contributed by atoms with Crippen LogP contribution in [0.1, 0.15) is 15.9 Å². The number of rotatable bonds is 5. The largest absolute Gasteiger partial charge is 0.368 e. The molecule has 0 aliphatic carbocycles. The van der Waals surface area contributed by atoms with E-state index in [4.69, 9.17) is 12.2 Å². The predicted molar refractivity (Wildman–Crippen MR) is 150 cm³/mol. The lowest BCUT2D eigenvalue weighted by Crippen LogP contribution is -2.48. The van der Waals surface area contributed by atoms with Crippen LogP contribution in [-0.2, 0) is 13.0 Å². The zero-order valence-electron chi connectivity index (χ0n) is 20.3. The van der Waals surface area contributed by atoms with Crippen LogP contribution < -0.4 is 10.5 Å². The van der Waals surface area contributed by atoms with Crippen LogP contribution in [-0.4, -0.2) is 51.5 Å². The van der Waals surface area contributed by atoms with Crippen LogP contribution in [0, 0.1) is 4.77 Å². The highest BCUT2D eigenvalue weighted by molar-refractivity contribution is 7.71. The normalized spacial score (nSPS) is 13.9. The van der Waals surface area contributed by atoms with Crippen LogP contribution >= 0.6 is 12.2 Å². The molecule has 1 aliphatic heterocycles. The standard InChI is InChI=1S/C29H27N5O2S/c35-27(33-16-14-32(15-17-33)22-6-2-1-3-7-22)20-10-11-24-26(18-20)31-29(37)34(28(24)36)13-12-21-19-30-25-9-5-4-8-23(21)25/h1-11,18-19,30H,12-17H2,(H,31,37). The summed E-state index contributed by atoms with van der Waals surface area (Å²) in [5.41, 5.74) is 4.40. The van der Waals surface area contributed by atoms with Crippen LogP contribution in [0.3, 0.4) is 0 Å². The topological polar surface area (TPSA) is 77.1 Å². The Labute approximate surface area is 219 Å². The van der Waals surface area contributed by atoms with Gasteiger partial charge in [-0.2, -0.15) is 0 Å². The van der Waals surface area contributed by atoms with Gasteiger partial charge in [-0.1, -0.05) is 36.4 Å². The molecular formula is C29H27N5O2S. The quantitative estimate of drug-likeness (QED) is 0.336. The number of carbonyl (C=O) groups is 1. The van der Waals surface area contributed by atoms with E-state index in [9.17, 15) is 9.59 Å². The van der Waals surface area contributed by atoms with Gasteiger partial charge in [-0.3, -0.25) is 14.2 Å². The van der Waals surface area contributed by atoms with Crippen LogP contribution in [0.15, 0.2) is 83.8 Å². The summed E-state index contributed by atoms with van der Waals surface area (Å²) < 4.78 is 1.96. The molecule has 7 nitrogen and oxygen atoms in total. The van der Waals surface area contributed by atoms with Crippen molar-refractivity contribution < 1.29 is 4.79 Å². The molecule has 5 aromatic rings. The second-order valence-corrected chi connectivity index (χ2v) is 9.76. The van der Waals surface area contributed by atoms with E-state index in [1.165, 1.54) is 5.69 Å². The molecule has 3 heterocycles. The Balaban J connectivity index is 1.19. The van der Waals surface area contributed by atoms with Gasteiger partial charge < -0.3 is 19.8 Å². The number of hydrogen-bond donors (Lipinski definition) is 2. The molecule has 0 bridgehead atoms. The maximum Gasteiger partial charge on any atom is 0.262 e. The molecular weight excluding hydrogens is 482 g/mol. The molecule has 0 saturated carbocycles. The average Bonchev–Trinajstić information content (AvgIpc) is 3.36. The van der Waals surface area contributed by atoms with E-state index in [2.05, 4.69) is 33.1 Å². The summed E-state index contributed by atoms with van der Waals surface area (Å²) in [4.78, 5) is 37.2. The van der Waals surface area contributed by atoms with E-state index >= 15 is 0 Å². The lowest BCUT2D eigenvalue weighted by molar-refractivity contribution is 0.0747. The maximum atomic E-state index is 13.3. The smallest absolute Gasteiger partial charge is 0.262 e. The van der Waals surface area contributed by atoms with Crippen molar-refractivity contribution in [2.45, 2.75) is 13.0 Å². The van der Waals surface area contributed by atoms with Gasteiger partial charge >= 0.3 is 0 Å². The highest BCUT2D eigenvalue weighted by Crippen LogP contribution is 2.20. The summed E-state index contributed by atoms with van der Waals surface area (Å²) in [5, 5.41) is 1.68. The molecule has 1 amide bonds. The minimum absolute atomic E-state index is 0.0301. The third kappa shape index (κ3) is 4.44. The van der Waals surface area contributed by atoms with E-state index in [-0.39, 0.29) is 11.5 Å². The molecule has 1 aliphatic rings. The van der Waals surface area contributed by atoms with E-state index in [1.54, 1.807) is 22.8 Å². The van der Waals surface area contributed by atoms with Crippen molar-refractivity contribution in [1.29, 1.82) is 0 Å². The SMILES string of the molecule is O=C(c1ccc2c(=O)n(CCc3c[nH]c4ccccc34)c(=S)[nH]c2c1)N1CCN(c2ccccc2)CC1. The fourth-order valence-corrected chi connectivity index (χ4v) is 5.43. The van der Waals surface area contributed by atoms with Crippen molar-refractivity contribution in [3.63, 3.8) is 0 Å². The number of carbonyl (C=O) groups excluding carboxylic acids is 1. The first-order valence-electron chi connectivity index (χ1n) is 12.5. The summed E-state index contributed by atoms with van der Waals surface area (Å²) in [7, 11) is 0. The number of amides is 1. The zero-order chi connectivity index (χ0) is 25.4. The number of para-hydroxylation sites is 2. The maximum absolute atomic E-state index is 13.3. The lowest BCUT2D eigenvalue weighted by atomic mass is 10.1. The van der Waals surface area contributed by atoms with Crippen LogP contribution in [0.2, 0.25) is 0 Å². The number of piperazine rings is 1. The molecule has 0 atom stereocenters. The van der Waals surface area contributed by atoms with E-state index < -0.39 is 0 Å². The third-order valence-corrected chi connectivity index (χ3v) is 7.52. The number of H-pyrrole nitrogens is 2. The Morgan fingerprint density at radius 3 is 2.43 bits per heavy atom. The second kappa shape index (κ2) is 9.71. The van der Waals surface area contributed by atoms with Crippen LogP contribution in [0.25, 0.3) is 21.8 Å². The second-order valence-electron chi connectivity index (χ2n) is 9.37. The number of aryl methyl sites for hydroxylation is 1. The van der Waals surface area contributed by atoms with Gasteiger partial charge in [0.2, 0.25) is 0 Å². The number of hydrogen-bond acceptors (Lipinski definition) is 4. The van der Waals surface area contributed by atoms with E-state index in [0.717, 1.165) is 29.6 Å². The Hall–Kier alpha value is -4.17. The minimum Gasteiger partial charge on any atom is -0.368 e. The van der Waals surface area contributed by atoms with Gasteiger partial charge in [0, 0.05) is 61.1 Å². The molecule has 1 fully saturated rings. The molecule has 0 spiro atoms. The summed E-state index contributed by atoms with van der Waals surface area (Å²) in [6.07, 6.45) is 2.67. The Morgan fingerprint density at radius 2 is 1.62 bits per heavy atom. The van der Waals surface area contributed by atoms with Gasteiger partial charge in [0.05, 0.1) is 10.9 Å². The van der Waals surface area contributed by atoms with Gasteiger partial charge in [0.1, 0.15) is 0 Å². The molecule has 8 heteroatoms. The van der Waals surface area contributed by atoms with Crippen molar-refractivity contribution in [3.05, 3.63) is 105 Å². The number of benzene rings is 3. The van der Waals surface area contributed by atoms with Gasteiger partial charge in [0.25, 0.3) is 11.5 Å². The first-order chi connectivity index (χ1) is 18.1. The van der Waals surface area contributed by atoms with Crippen LogP contribution in [0.5, 0.6) is 0 Å². The zero-order valence-corrected chi connectivity index (χ0v) is 21.1. The molecule has 3 aromatic carbocycles. The van der Waals surface area contributed by atoms with E-state index in [0.29, 0.717) is 47.3 Å². The number of anilines is 1. The fourth-order valence-electron chi connectivity index (χ4n) is 5.15. The molecule has 0 radical (unpaired) electrons. The predicted octanol–water partition coefficient (Wildman–Crippen LogP) is 4.75. The summed E-state index contributed by atoms with van der Waals surface area (Å²) in [6, 6.07) is 23.6. The molecule has 0 unspecified atom stereocenters. The monoisotopic (exact) mass is 509 g/mol. The molecule has 2 aromatic heterocycles. The average molecular weight is 510 g/mol. The fraction of sp³-hybridized carbons (Fsp3) is 0.207. The number of aromatic nitrogens is 3. The Kier molecular flexibility index (Phi) is 6.10. The number of nitrogens with one attached hydrogen (secondary N) is 2. The molecule has 186 valence electrons. The minimum atomic E-state index is -0.144. The first-order valence-corrected chi connectivity index (χ1v) is 12.9. The molecule has 1 saturated heterocycles. The lowest BCUT2D eigenvalue weighted by Gasteiger charge is -2.36. The highest BCUT2D eigenvalue weighted by Gasteiger charge is 2.23. The van der Waals surface area contributed by atoms with Gasteiger partial charge in [-0.25, -0.2) is 0 Å². The summed E-state index contributed by atoms with van der Waals surface area (Å²) >= 11 is 5.55. The van der Waals surface area contributed by atoms with Gasteiger partial charge in [0.15, 0.2) is 4.77 Å².